The predicted molar refractivity (Wildman–Crippen MR) is 43.0 cm³/mol. The van der Waals surface area contributed by atoms with Crippen LogP contribution in [-0.2, 0) is 44.8 Å². The average molecular weight is 342 g/mol. The second kappa shape index (κ2) is 17.5. The minimum atomic E-state index is 0. The van der Waals surface area contributed by atoms with E-state index in [0.717, 1.165) is 12.8 Å². The number of hydrogen-bond acceptors (Lipinski definition) is 0. The van der Waals surface area contributed by atoms with Gasteiger partial charge in [0.05, 0.1) is 0 Å². The molecule has 0 fully saturated rings. The van der Waals surface area contributed by atoms with Crippen LogP contribution in [0.1, 0.15) is 44.9 Å². The van der Waals surface area contributed by atoms with Gasteiger partial charge in [0, 0.05) is 0 Å². The van der Waals surface area contributed by atoms with Crippen LogP contribution < -0.4 is 0 Å². The summed E-state index contributed by atoms with van der Waals surface area (Å²) in [4.78, 5) is 0. The van der Waals surface area contributed by atoms with Gasteiger partial charge >= 0.3 is 44.8 Å². The Kier molecular flexibility index (Phi) is 29.2. The molecular weight excluding hydrogens is 324 g/mol. The van der Waals surface area contributed by atoms with Crippen molar-refractivity contribution in [2.75, 3.05) is 0 Å². The fraction of sp³-hybridized carbons (Fsp3) is 0.778. The normalized spacial score (nSPS) is 8.18. The molecule has 0 spiro atoms. The Morgan fingerprint density at radius 1 is 0.545 bits per heavy atom. The van der Waals surface area contributed by atoms with Gasteiger partial charge < -0.3 is 13.8 Å². The summed E-state index contributed by atoms with van der Waals surface area (Å²) in [6, 6.07) is 0. The number of unbranched alkanes of at least 4 members (excludes halogenated alkanes) is 6. The van der Waals surface area contributed by atoms with Gasteiger partial charge in [-0.2, -0.15) is 12.8 Å². The van der Waals surface area contributed by atoms with Crippen molar-refractivity contribution < 1.29 is 44.8 Å². The molecular formula is C9H18Ag2. The predicted octanol–water partition coefficient (Wildman–Crippen LogP) is 3.38. The van der Waals surface area contributed by atoms with Gasteiger partial charge in [0.15, 0.2) is 0 Å². The van der Waals surface area contributed by atoms with Gasteiger partial charge in [0.25, 0.3) is 0 Å². The summed E-state index contributed by atoms with van der Waals surface area (Å²) in [6.07, 6.45) is 8.92. The van der Waals surface area contributed by atoms with Crippen molar-refractivity contribution in [2.45, 2.75) is 44.9 Å². The first kappa shape index (κ1) is 18.3. The number of rotatable bonds is 6. The van der Waals surface area contributed by atoms with Crippen LogP contribution >= 0.6 is 0 Å². The van der Waals surface area contributed by atoms with Crippen molar-refractivity contribution in [2.24, 2.45) is 0 Å². The Morgan fingerprint density at radius 2 is 0.818 bits per heavy atom. The van der Waals surface area contributed by atoms with Crippen LogP contribution in [0, 0.1) is 13.8 Å². The van der Waals surface area contributed by atoms with E-state index < -0.39 is 0 Å². The minimum absolute atomic E-state index is 0. The van der Waals surface area contributed by atoms with Crippen molar-refractivity contribution in [1.82, 2.24) is 0 Å². The molecule has 11 heavy (non-hydrogen) atoms. The summed E-state index contributed by atoms with van der Waals surface area (Å²) in [5.41, 5.74) is 0. The van der Waals surface area contributed by atoms with E-state index in [9.17, 15) is 0 Å². The van der Waals surface area contributed by atoms with Crippen LogP contribution in [0.2, 0.25) is 0 Å². The first-order chi connectivity index (χ1) is 4.41. The quantitative estimate of drug-likeness (QED) is 0.395. The summed E-state index contributed by atoms with van der Waals surface area (Å²) in [5.74, 6) is 0. The third-order valence-electron chi connectivity index (χ3n) is 1.50. The molecule has 0 saturated carbocycles. The molecule has 76 valence electrons. The Balaban J connectivity index is -0.000000320. The maximum Gasteiger partial charge on any atom is 1.00 e. The average Bonchev–Trinajstić information content (AvgIpc) is 1.89. The topological polar surface area (TPSA) is 0 Å². The molecule has 0 saturated heterocycles. The van der Waals surface area contributed by atoms with Crippen LogP contribution in [0.4, 0.5) is 0 Å². The first-order valence-electron chi connectivity index (χ1n) is 4.00. The van der Waals surface area contributed by atoms with Gasteiger partial charge in [-0.15, -0.1) is 0 Å². The molecule has 0 unspecified atom stereocenters. The number of hydrogen-bond donors (Lipinski definition) is 0. The monoisotopic (exact) mass is 340 g/mol. The van der Waals surface area contributed by atoms with Crippen molar-refractivity contribution in [3.05, 3.63) is 13.8 Å². The molecule has 0 atom stereocenters. The van der Waals surface area contributed by atoms with Crippen LogP contribution in [0.5, 0.6) is 0 Å². The van der Waals surface area contributed by atoms with E-state index in [1.165, 1.54) is 32.1 Å². The summed E-state index contributed by atoms with van der Waals surface area (Å²) in [6.45, 7) is 7.58. The molecule has 0 aliphatic carbocycles. The molecule has 0 rings (SSSR count). The molecule has 0 aliphatic rings. The van der Waals surface area contributed by atoms with E-state index in [0.29, 0.717) is 0 Å². The van der Waals surface area contributed by atoms with E-state index in [4.69, 9.17) is 0 Å². The zero-order chi connectivity index (χ0) is 6.95. The molecule has 0 aliphatic heterocycles. The third-order valence-corrected chi connectivity index (χ3v) is 1.50. The molecule has 0 aromatic carbocycles. The second-order valence-corrected chi connectivity index (χ2v) is 2.47. The molecule has 2 heteroatoms. The van der Waals surface area contributed by atoms with E-state index in [-0.39, 0.29) is 44.8 Å². The molecule has 0 aromatic heterocycles. The standard InChI is InChI=1S/C9H18.2Ag/c1-3-5-7-9-8-6-4-2;;/h1-9H2;;/q-2;2*+1. The largest absolute Gasteiger partial charge is 1.00 e. The van der Waals surface area contributed by atoms with Crippen molar-refractivity contribution in [1.29, 1.82) is 0 Å². The van der Waals surface area contributed by atoms with E-state index in [1.807, 2.05) is 0 Å². The summed E-state index contributed by atoms with van der Waals surface area (Å²) < 4.78 is 0. The van der Waals surface area contributed by atoms with Crippen LogP contribution in [0.15, 0.2) is 0 Å². The fourth-order valence-electron chi connectivity index (χ4n) is 0.884. The SMILES string of the molecule is [Ag+].[Ag+].[CH2-]CCCCCCC[CH2-]. The summed E-state index contributed by atoms with van der Waals surface area (Å²) >= 11 is 0. The minimum Gasteiger partial charge on any atom is -0.343 e. The van der Waals surface area contributed by atoms with Crippen molar-refractivity contribution in [3.63, 3.8) is 0 Å². The maximum atomic E-state index is 3.79. The Labute approximate surface area is 103 Å². The molecule has 0 radical (unpaired) electrons. The zero-order valence-corrected chi connectivity index (χ0v) is 9.93. The Morgan fingerprint density at radius 3 is 1.09 bits per heavy atom. The van der Waals surface area contributed by atoms with Crippen LogP contribution in [0.25, 0.3) is 0 Å². The molecule has 0 bridgehead atoms. The van der Waals surface area contributed by atoms with Crippen molar-refractivity contribution in [3.8, 4) is 0 Å². The molecule has 0 nitrogen and oxygen atoms in total. The molecule has 0 heterocycles. The van der Waals surface area contributed by atoms with Crippen LogP contribution in [0.3, 0.4) is 0 Å². The molecule has 0 aromatic rings. The van der Waals surface area contributed by atoms with Crippen LogP contribution in [-0.4, -0.2) is 0 Å². The summed E-state index contributed by atoms with van der Waals surface area (Å²) in [7, 11) is 0. The smallest absolute Gasteiger partial charge is 0.343 e. The molecule has 0 N–H and O–H groups in total. The van der Waals surface area contributed by atoms with Gasteiger partial charge in [-0.3, -0.25) is 0 Å². The fourth-order valence-corrected chi connectivity index (χ4v) is 0.884. The molecule has 0 amide bonds. The van der Waals surface area contributed by atoms with Gasteiger partial charge in [-0.1, -0.05) is 32.1 Å². The second-order valence-electron chi connectivity index (χ2n) is 2.47. The van der Waals surface area contributed by atoms with Crippen molar-refractivity contribution >= 4 is 0 Å². The van der Waals surface area contributed by atoms with Gasteiger partial charge in [0.1, 0.15) is 0 Å². The zero-order valence-electron chi connectivity index (χ0n) is 6.97. The van der Waals surface area contributed by atoms with Gasteiger partial charge in [-0.25, -0.2) is 0 Å². The van der Waals surface area contributed by atoms with Gasteiger partial charge in [-0.05, 0) is 0 Å². The first-order valence-corrected chi connectivity index (χ1v) is 4.00. The third kappa shape index (κ3) is 18.4. The van der Waals surface area contributed by atoms with Gasteiger partial charge in [0.2, 0.25) is 0 Å². The summed E-state index contributed by atoms with van der Waals surface area (Å²) in [5, 5.41) is 0. The van der Waals surface area contributed by atoms with E-state index in [2.05, 4.69) is 13.8 Å². The Bertz CT molecular complexity index is 40.8. The maximum absolute atomic E-state index is 3.79. The Hall–Kier alpha value is 1.48. The van der Waals surface area contributed by atoms with E-state index >= 15 is 0 Å². The van der Waals surface area contributed by atoms with E-state index in [1.54, 1.807) is 0 Å².